The third-order valence-electron chi connectivity index (χ3n) is 6.33. The highest BCUT2D eigenvalue weighted by atomic mass is 16.4. The van der Waals surface area contributed by atoms with Gasteiger partial charge in [-0.1, -0.05) is 0 Å². The number of amides is 1. The Labute approximate surface area is 155 Å². The van der Waals surface area contributed by atoms with Crippen LogP contribution in [0.1, 0.15) is 50.1 Å². The second-order valence-corrected chi connectivity index (χ2v) is 7.95. The molecule has 26 heavy (non-hydrogen) atoms. The summed E-state index contributed by atoms with van der Waals surface area (Å²) in [5.41, 5.74) is 3.60. The molecular weight excluding hydrogens is 332 g/mol. The normalized spacial score (nSPS) is 22.9. The van der Waals surface area contributed by atoms with E-state index < -0.39 is 12.0 Å². The fourth-order valence-electron chi connectivity index (χ4n) is 4.65. The van der Waals surface area contributed by atoms with Crippen LogP contribution in [0.15, 0.2) is 0 Å². The number of hydrogen-bond acceptors (Lipinski definition) is 4. The average molecular weight is 362 g/mol. The maximum absolute atomic E-state index is 11.8. The number of aromatic nitrogens is 2. The number of nitrogens with zero attached hydrogens (tertiary/aromatic N) is 4. The number of rotatable bonds is 4. The van der Waals surface area contributed by atoms with Crippen molar-refractivity contribution >= 4 is 11.9 Å². The van der Waals surface area contributed by atoms with E-state index in [-0.39, 0.29) is 11.3 Å². The van der Waals surface area contributed by atoms with Crippen molar-refractivity contribution in [3.05, 3.63) is 17.0 Å². The Morgan fingerprint density at radius 2 is 1.92 bits per heavy atom. The lowest BCUT2D eigenvalue weighted by molar-refractivity contribution is -0.147. The molecule has 1 spiro atoms. The van der Waals surface area contributed by atoms with Gasteiger partial charge in [0.1, 0.15) is 6.04 Å². The lowest BCUT2D eigenvalue weighted by Crippen LogP contribution is -2.42. The first-order valence-electron chi connectivity index (χ1n) is 9.51. The smallest absolute Gasteiger partial charge is 0.326 e. The van der Waals surface area contributed by atoms with Gasteiger partial charge < -0.3 is 10.0 Å². The molecule has 144 valence electrons. The van der Waals surface area contributed by atoms with E-state index in [1.165, 1.54) is 18.2 Å². The minimum atomic E-state index is -0.877. The van der Waals surface area contributed by atoms with E-state index in [0.717, 1.165) is 44.7 Å². The van der Waals surface area contributed by atoms with Crippen molar-refractivity contribution in [1.29, 1.82) is 0 Å². The van der Waals surface area contributed by atoms with Crippen LogP contribution >= 0.6 is 0 Å². The summed E-state index contributed by atoms with van der Waals surface area (Å²) < 4.78 is 2.05. The van der Waals surface area contributed by atoms with Crippen LogP contribution in [0.2, 0.25) is 0 Å². The molecule has 7 heteroatoms. The number of aryl methyl sites for hydroxylation is 2. The lowest BCUT2D eigenvalue weighted by atomic mass is 9.76. The number of carbonyl (C=O) groups is 2. The lowest BCUT2D eigenvalue weighted by Gasteiger charge is -2.39. The first-order chi connectivity index (χ1) is 12.3. The molecule has 3 heterocycles. The maximum Gasteiger partial charge on any atom is 0.326 e. The molecule has 0 radical (unpaired) electrons. The van der Waals surface area contributed by atoms with Crippen molar-refractivity contribution in [2.24, 2.45) is 5.41 Å². The fourth-order valence-corrected chi connectivity index (χ4v) is 4.65. The van der Waals surface area contributed by atoms with Gasteiger partial charge in [0.05, 0.1) is 5.69 Å². The topological polar surface area (TPSA) is 78.7 Å². The molecule has 7 nitrogen and oxygen atoms in total. The second kappa shape index (κ2) is 7.02. The maximum atomic E-state index is 11.8. The van der Waals surface area contributed by atoms with Gasteiger partial charge in [-0.3, -0.25) is 14.4 Å². The average Bonchev–Trinajstić information content (AvgIpc) is 3.10. The standard InChI is InChI=1S/C19H30N4O3/c1-5-23-14(3)16(13(2)20-23)11-21-8-6-19(7-9-21)10-17(18(25)26)22(12-19)15(4)24/h17H,5-12H2,1-4H3,(H,25,26)/t17-/m0/s1. The van der Waals surface area contributed by atoms with Crippen LogP contribution in [0.25, 0.3) is 0 Å². The molecule has 1 N–H and O–H groups in total. The van der Waals surface area contributed by atoms with Crippen LogP contribution in [0.4, 0.5) is 0 Å². The van der Waals surface area contributed by atoms with Gasteiger partial charge in [-0.2, -0.15) is 5.10 Å². The van der Waals surface area contributed by atoms with Gasteiger partial charge in [0.15, 0.2) is 0 Å². The van der Waals surface area contributed by atoms with Crippen LogP contribution in [0.3, 0.4) is 0 Å². The summed E-state index contributed by atoms with van der Waals surface area (Å²) in [5.74, 6) is -1.01. The molecule has 0 aliphatic carbocycles. The van der Waals surface area contributed by atoms with Crippen molar-refractivity contribution in [3.8, 4) is 0 Å². The monoisotopic (exact) mass is 362 g/mol. The molecule has 1 aromatic rings. The van der Waals surface area contributed by atoms with E-state index in [1.54, 1.807) is 4.90 Å². The highest BCUT2D eigenvalue weighted by molar-refractivity contribution is 5.83. The molecule has 3 rings (SSSR count). The van der Waals surface area contributed by atoms with Gasteiger partial charge >= 0.3 is 5.97 Å². The molecule has 1 aromatic heterocycles. The zero-order valence-electron chi connectivity index (χ0n) is 16.3. The predicted molar refractivity (Wildman–Crippen MR) is 97.7 cm³/mol. The van der Waals surface area contributed by atoms with E-state index in [4.69, 9.17) is 0 Å². The van der Waals surface area contributed by atoms with Crippen LogP contribution in [-0.4, -0.2) is 62.2 Å². The van der Waals surface area contributed by atoms with Crippen molar-refractivity contribution < 1.29 is 14.7 Å². The minimum Gasteiger partial charge on any atom is -0.480 e. The quantitative estimate of drug-likeness (QED) is 0.884. The number of carboxylic acid groups (broad SMARTS) is 1. The van der Waals surface area contributed by atoms with Crippen LogP contribution in [0, 0.1) is 19.3 Å². The molecule has 2 aliphatic heterocycles. The Balaban J connectivity index is 1.65. The molecule has 1 amide bonds. The van der Waals surface area contributed by atoms with Crippen molar-refractivity contribution in [1.82, 2.24) is 19.6 Å². The van der Waals surface area contributed by atoms with E-state index in [0.29, 0.717) is 13.0 Å². The molecule has 2 saturated heterocycles. The summed E-state index contributed by atoms with van der Waals surface area (Å²) in [5, 5.41) is 14.1. The van der Waals surface area contributed by atoms with Crippen LogP contribution in [-0.2, 0) is 22.7 Å². The molecular formula is C19H30N4O3. The van der Waals surface area contributed by atoms with Gasteiger partial charge in [0.25, 0.3) is 0 Å². The Hall–Kier alpha value is -1.89. The number of carbonyl (C=O) groups excluding carboxylic acids is 1. The van der Waals surface area contributed by atoms with Crippen molar-refractivity contribution in [2.45, 2.75) is 66.1 Å². The van der Waals surface area contributed by atoms with Gasteiger partial charge in [-0.25, -0.2) is 4.79 Å². The summed E-state index contributed by atoms with van der Waals surface area (Å²) >= 11 is 0. The summed E-state index contributed by atoms with van der Waals surface area (Å²) in [7, 11) is 0. The number of likely N-dealkylation sites (tertiary alicyclic amines) is 2. The number of piperidine rings is 1. The third kappa shape index (κ3) is 3.37. The molecule has 2 aliphatic rings. The molecule has 0 aromatic carbocycles. The zero-order chi connectivity index (χ0) is 19.1. The summed E-state index contributed by atoms with van der Waals surface area (Å²) in [6.07, 6.45) is 2.47. The Morgan fingerprint density at radius 1 is 1.27 bits per heavy atom. The first-order valence-corrected chi connectivity index (χ1v) is 9.51. The zero-order valence-corrected chi connectivity index (χ0v) is 16.3. The summed E-state index contributed by atoms with van der Waals surface area (Å²) in [6.45, 7) is 12.0. The SMILES string of the molecule is CCn1nc(C)c(CN2CCC3(CC2)C[C@@H](C(=O)O)N(C(C)=O)C3)c1C. The van der Waals surface area contributed by atoms with E-state index in [1.807, 2.05) is 0 Å². The molecule has 2 fully saturated rings. The summed E-state index contributed by atoms with van der Waals surface area (Å²) in [4.78, 5) is 27.4. The molecule has 1 atom stereocenters. The van der Waals surface area contributed by atoms with Crippen LogP contribution < -0.4 is 0 Å². The number of hydrogen-bond donors (Lipinski definition) is 1. The first kappa shape index (κ1) is 18.9. The Bertz CT molecular complexity index is 680. The third-order valence-corrected chi connectivity index (χ3v) is 6.33. The van der Waals surface area contributed by atoms with Crippen LogP contribution in [0.5, 0.6) is 0 Å². The second-order valence-electron chi connectivity index (χ2n) is 7.95. The molecule has 0 bridgehead atoms. The van der Waals surface area contributed by atoms with Gasteiger partial charge in [0.2, 0.25) is 5.91 Å². The number of carboxylic acids is 1. The number of aliphatic carboxylic acids is 1. The van der Waals surface area contributed by atoms with E-state index >= 15 is 0 Å². The minimum absolute atomic E-state index is 0.0388. The summed E-state index contributed by atoms with van der Waals surface area (Å²) in [6, 6.07) is -0.661. The van der Waals surface area contributed by atoms with Crippen molar-refractivity contribution in [3.63, 3.8) is 0 Å². The highest BCUT2D eigenvalue weighted by Crippen LogP contribution is 2.43. The Morgan fingerprint density at radius 3 is 2.38 bits per heavy atom. The van der Waals surface area contributed by atoms with Gasteiger partial charge in [0, 0.05) is 37.8 Å². The van der Waals surface area contributed by atoms with E-state index in [9.17, 15) is 14.7 Å². The Kier molecular flexibility index (Phi) is 5.10. The fraction of sp³-hybridized carbons (Fsp3) is 0.737. The molecule has 0 saturated carbocycles. The largest absolute Gasteiger partial charge is 0.480 e. The van der Waals surface area contributed by atoms with E-state index in [2.05, 4.69) is 35.5 Å². The van der Waals surface area contributed by atoms with Gasteiger partial charge in [-0.05, 0) is 58.5 Å². The van der Waals surface area contributed by atoms with Gasteiger partial charge in [-0.15, -0.1) is 0 Å². The highest BCUT2D eigenvalue weighted by Gasteiger charge is 2.49. The predicted octanol–water partition coefficient (Wildman–Crippen LogP) is 1.81. The van der Waals surface area contributed by atoms with Crippen molar-refractivity contribution in [2.75, 3.05) is 19.6 Å². The molecule has 0 unspecified atom stereocenters.